The predicted octanol–water partition coefficient (Wildman–Crippen LogP) is 7.73. The average molecular weight is 761 g/mol. The van der Waals surface area contributed by atoms with Crippen LogP contribution in [0.4, 0.5) is 15.4 Å². The van der Waals surface area contributed by atoms with Crippen molar-refractivity contribution in [2.24, 2.45) is 5.92 Å². The van der Waals surface area contributed by atoms with Gasteiger partial charge in [-0.1, -0.05) is 41.9 Å². The predicted molar refractivity (Wildman–Crippen MR) is 193 cm³/mol. The molecule has 0 aliphatic carbocycles. The molecular formula is C35H43BrClN5O5S. The maximum atomic E-state index is 14.0. The molecule has 2 amide bonds. The van der Waals surface area contributed by atoms with Crippen LogP contribution in [0.5, 0.6) is 0 Å². The van der Waals surface area contributed by atoms with Gasteiger partial charge in [-0.15, -0.1) is 11.8 Å². The summed E-state index contributed by atoms with van der Waals surface area (Å²) in [5.74, 6) is 1.67. The fourth-order valence-corrected chi connectivity index (χ4v) is 9.09. The highest BCUT2D eigenvalue weighted by atomic mass is 79.9. The minimum atomic E-state index is -0.590. The second-order valence-corrected chi connectivity index (χ2v) is 16.4. The van der Waals surface area contributed by atoms with Crippen molar-refractivity contribution >= 4 is 68.2 Å². The first-order valence-electron chi connectivity index (χ1n) is 16.6. The summed E-state index contributed by atoms with van der Waals surface area (Å²) in [6.45, 7) is 12.1. The van der Waals surface area contributed by atoms with Crippen LogP contribution < -0.4 is 10.6 Å². The van der Waals surface area contributed by atoms with E-state index < -0.39 is 5.60 Å². The first kappa shape index (κ1) is 34.9. The number of likely N-dealkylation sites (tertiary alicyclic amines) is 1. The Labute approximate surface area is 299 Å². The number of carbonyl (C=O) groups is 2. The Morgan fingerprint density at radius 1 is 1.06 bits per heavy atom. The van der Waals surface area contributed by atoms with E-state index in [1.54, 1.807) is 21.6 Å². The number of carbonyl (C=O) groups excluding carboxylic acids is 2. The molecule has 3 aromatic rings. The number of benzene rings is 2. The largest absolute Gasteiger partial charge is 0.445 e. The first-order chi connectivity index (χ1) is 22.8. The second-order valence-electron chi connectivity index (χ2n) is 14.1. The number of hydrogen-bond acceptors (Lipinski definition) is 8. The van der Waals surface area contributed by atoms with Gasteiger partial charge in [-0.25, -0.2) is 14.4 Å². The molecule has 2 saturated heterocycles. The Hall–Kier alpha value is -2.96. The fourth-order valence-electron chi connectivity index (χ4n) is 6.96. The van der Waals surface area contributed by atoms with Gasteiger partial charge in [0.15, 0.2) is 0 Å². The number of hydrogen-bond donors (Lipinski definition) is 0. The summed E-state index contributed by atoms with van der Waals surface area (Å²) < 4.78 is 13.9. The fraction of sp³-hybridized carbons (Fsp3) is 0.543. The molecule has 0 radical (unpaired) electrons. The van der Waals surface area contributed by atoms with Gasteiger partial charge in [0.05, 0.1) is 15.0 Å². The van der Waals surface area contributed by atoms with Crippen molar-refractivity contribution in [3.05, 3.63) is 61.9 Å². The molecule has 13 heteroatoms. The van der Waals surface area contributed by atoms with Crippen molar-refractivity contribution in [2.45, 2.75) is 89.1 Å². The minimum absolute atomic E-state index is 0.0472. The number of nitrogens with zero attached hydrogens (tertiary/aromatic N) is 5. The van der Waals surface area contributed by atoms with Crippen LogP contribution in [0.2, 0.25) is 5.02 Å². The van der Waals surface area contributed by atoms with Crippen molar-refractivity contribution in [1.82, 2.24) is 19.4 Å². The molecule has 6 rings (SSSR count). The number of rotatable bonds is 5. The molecule has 2 fully saturated rings. The molecule has 2 aromatic carbocycles. The normalized spacial score (nSPS) is 21.8. The maximum Gasteiger partial charge on any atom is 0.410 e. The zero-order chi connectivity index (χ0) is 34.3. The zero-order valence-electron chi connectivity index (χ0n) is 28.1. The van der Waals surface area contributed by atoms with Gasteiger partial charge in [0.1, 0.15) is 18.0 Å². The van der Waals surface area contributed by atoms with Gasteiger partial charge in [0.25, 0.3) is 0 Å². The molecule has 10 nitrogen and oxygen atoms in total. The Bertz CT molecular complexity index is 1740. The van der Waals surface area contributed by atoms with Gasteiger partial charge in [0, 0.05) is 60.3 Å². The van der Waals surface area contributed by atoms with Crippen molar-refractivity contribution in [3.63, 3.8) is 0 Å². The number of amides is 2. The van der Waals surface area contributed by atoms with Gasteiger partial charge in [-0.3, -0.25) is 4.57 Å². The lowest BCUT2D eigenvalue weighted by Gasteiger charge is -2.45. The summed E-state index contributed by atoms with van der Waals surface area (Å²) in [5.41, 5.74) is 0.938. The number of aromatic nitrogens is 2. The van der Waals surface area contributed by atoms with Gasteiger partial charge in [-0.2, -0.15) is 4.98 Å². The van der Waals surface area contributed by atoms with Crippen LogP contribution in [0.3, 0.4) is 0 Å². The zero-order valence-corrected chi connectivity index (χ0v) is 31.2. The SMILES string of the molecule is C[C@@H]1CN(c2nc(=O)n3c4c(c(Br)c(Cl)cc24)SC[C@H]3CC2CCN(C(=O)OCc3ccccc3)CC2)[C@@H](C)CN1C(=O)OC(C)(C)C. The lowest BCUT2D eigenvalue weighted by molar-refractivity contribution is 0.0130. The third kappa shape index (κ3) is 7.31. The van der Waals surface area contributed by atoms with Crippen LogP contribution in [0.1, 0.15) is 65.5 Å². The molecule has 0 spiro atoms. The molecule has 3 aliphatic rings. The molecular weight excluding hydrogens is 718 g/mol. The number of piperidine rings is 1. The van der Waals surface area contributed by atoms with Gasteiger partial charge >= 0.3 is 17.9 Å². The van der Waals surface area contributed by atoms with Crippen molar-refractivity contribution < 1.29 is 19.1 Å². The van der Waals surface area contributed by atoms with Crippen LogP contribution in [0.15, 0.2) is 50.6 Å². The standard InChI is InChI=1S/C35H43BrClN5O5S/c1-21-18-41(34(45)47-35(3,4)5)22(2)17-40(21)31-26-16-27(37)28(36)30-29(26)42(32(43)38-31)25(20-48-30)15-23-11-13-39(14-12-23)33(44)46-19-24-9-7-6-8-10-24/h6-10,16,21-23,25H,11-15,17-20H2,1-5H3/t21-,22+,25+/m0/s1. The van der Waals surface area contributed by atoms with Crippen molar-refractivity contribution in [2.75, 3.05) is 36.8 Å². The average Bonchev–Trinajstić information content (AvgIpc) is 3.04. The molecule has 0 N–H and O–H groups in total. The molecule has 48 heavy (non-hydrogen) atoms. The van der Waals surface area contributed by atoms with E-state index in [1.807, 2.05) is 75.6 Å². The smallest absolute Gasteiger partial charge is 0.410 e. The van der Waals surface area contributed by atoms with Gasteiger partial charge < -0.3 is 24.2 Å². The summed E-state index contributed by atoms with van der Waals surface area (Å²) in [7, 11) is 0. The summed E-state index contributed by atoms with van der Waals surface area (Å²) in [5, 5.41) is 1.40. The Balaban J connectivity index is 1.20. The Morgan fingerprint density at radius 2 is 1.77 bits per heavy atom. The molecule has 3 atom stereocenters. The monoisotopic (exact) mass is 759 g/mol. The summed E-state index contributed by atoms with van der Waals surface area (Å²) in [6.07, 6.45) is 1.89. The molecule has 4 heterocycles. The molecule has 3 aliphatic heterocycles. The Kier molecular flexibility index (Phi) is 10.3. The highest BCUT2D eigenvalue weighted by Gasteiger charge is 2.38. The summed E-state index contributed by atoms with van der Waals surface area (Å²) >= 11 is 12.2. The van der Waals surface area contributed by atoms with E-state index in [9.17, 15) is 14.4 Å². The van der Waals surface area contributed by atoms with E-state index in [0.29, 0.717) is 42.9 Å². The van der Waals surface area contributed by atoms with Crippen molar-refractivity contribution in [1.29, 1.82) is 0 Å². The van der Waals surface area contributed by atoms with Crippen LogP contribution in [-0.2, 0) is 16.1 Å². The lowest BCUT2D eigenvalue weighted by atomic mass is 9.90. The molecule has 0 unspecified atom stereocenters. The quantitative estimate of drug-likeness (QED) is 0.261. The van der Waals surface area contributed by atoms with Gasteiger partial charge in [-0.05, 0) is 87.4 Å². The lowest BCUT2D eigenvalue weighted by Crippen LogP contribution is -2.59. The second kappa shape index (κ2) is 14.1. The van der Waals surface area contributed by atoms with E-state index in [1.165, 1.54) is 0 Å². The van der Waals surface area contributed by atoms with E-state index in [-0.39, 0.29) is 42.6 Å². The van der Waals surface area contributed by atoms with E-state index >= 15 is 0 Å². The molecule has 258 valence electrons. The van der Waals surface area contributed by atoms with Crippen LogP contribution in [0, 0.1) is 5.92 Å². The third-order valence-corrected chi connectivity index (χ3v) is 12.2. The maximum absolute atomic E-state index is 14.0. The molecule has 0 saturated carbocycles. The Morgan fingerprint density at radius 3 is 2.46 bits per heavy atom. The highest BCUT2D eigenvalue weighted by Crippen LogP contribution is 2.47. The van der Waals surface area contributed by atoms with E-state index in [2.05, 4.69) is 20.8 Å². The topological polar surface area (TPSA) is 97.2 Å². The highest BCUT2D eigenvalue weighted by molar-refractivity contribution is 9.10. The molecule has 0 bridgehead atoms. The van der Waals surface area contributed by atoms with Crippen LogP contribution in [-0.4, -0.2) is 81.2 Å². The molecule has 1 aromatic heterocycles. The number of ether oxygens (including phenoxy) is 2. The van der Waals surface area contributed by atoms with E-state index in [0.717, 1.165) is 50.8 Å². The van der Waals surface area contributed by atoms with Crippen LogP contribution >= 0.6 is 39.3 Å². The number of anilines is 1. The van der Waals surface area contributed by atoms with Crippen LogP contribution in [0.25, 0.3) is 10.9 Å². The minimum Gasteiger partial charge on any atom is -0.445 e. The van der Waals surface area contributed by atoms with Gasteiger partial charge in [0.2, 0.25) is 0 Å². The first-order valence-corrected chi connectivity index (χ1v) is 18.7. The number of thioether (sulfide) groups is 1. The summed E-state index contributed by atoms with van der Waals surface area (Å²) in [6, 6.07) is 11.3. The van der Waals surface area contributed by atoms with Crippen molar-refractivity contribution in [3.8, 4) is 0 Å². The number of halogens is 2. The van der Waals surface area contributed by atoms with E-state index in [4.69, 9.17) is 26.1 Å². The third-order valence-electron chi connectivity index (χ3n) is 9.39. The summed E-state index contributed by atoms with van der Waals surface area (Å²) in [4.78, 5) is 51.1. The number of piperazine rings is 1.